The molecule has 102 valence electrons. The first-order valence-electron chi connectivity index (χ1n) is 5.01. The smallest absolute Gasteiger partial charge is 0.260 e. The van der Waals surface area contributed by atoms with Gasteiger partial charge in [0.15, 0.2) is 15.7 Å². The minimum atomic E-state index is -3.21. The largest absolute Gasteiger partial charge is 0.397 e. The Balaban J connectivity index is 2.44. The standard InChI is InChI=1S/C10H9Br2N3O3S/c1-19(16,17)4-8-14-10(18-15-8)6-2-5(11)3-7(12)9(6)13/h2-3H,4,13H2,1H3. The van der Waals surface area contributed by atoms with Crippen LogP contribution in [0.2, 0.25) is 0 Å². The predicted molar refractivity (Wildman–Crippen MR) is 78.1 cm³/mol. The quantitative estimate of drug-likeness (QED) is 0.779. The van der Waals surface area contributed by atoms with Gasteiger partial charge in [-0.25, -0.2) is 8.42 Å². The Labute approximate surface area is 126 Å². The van der Waals surface area contributed by atoms with Crippen LogP contribution in [-0.4, -0.2) is 24.8 Å². The molecule has 0 amide bonds. The summed E-state index contributed by atoms with van der Waals surface area (Å²) in [6.07, 6.45) is 1.10. The van der Waals surface area contributed by atoms with Crippen LogP contribution in [0.3, 0.4) is 0 Å². The minimum Gasteiger partial charge on any atom is -0.397 e. The third-order valence-corrected chi connectivity index (χ3v) is 4.08. The van der Waals surface area contributed by atoms with Gasteiger partial charge in [-0.15, -0.1) is 0 Å². The number of aromatic nitrogens is 2. The lowest BCUT2D eigenvalue weighted by Gasteiger charge is -2.04. The fraction of sp³-hybridized carbons (Fsp3) is 0.200. The summed E-state index contributed by atoms with van der Waals surface area (Å²) in [5.41, 5.74) is 6.88. The molecule has 9 heteroatoms. The molecule has 0 aliphatic heterocycles. The highest BCUT2D eigenvalue weighted by atomic mass is 79.9. The molecule has 0 spiro atoms. The molecule has 0 saturated heterocycles. The van der Waals surface area contributed by atoms with Crippen molar-refractivity contribution < 1.29 is 12.9 Å². The van der Waals surface area contributed by atoms with Crippen LogP contribution in [0.5, 0.6) is 0 Å². The van der Waals surface area contributed by atoms with Crippen molar-refractivity contribution in [3.63, 3.8) is 0 Å². The molecule has 0 fully saturated rings. The van der Waals surface area contributed by atoms with Crippen LogP contribution in [0.1, 0.15) is 5.82 Å². The molecule has 2 rings (SSSR count). The van der Waals surface area contributed by atoms with Gasteiger partial charge in [-0.3, -0.25) is 0 Å². The molecular formula is C10H9Br2N3O3S. The van der Waals surface area contributed by atoms with E-state index in [1.165, 1.54) is 0 Å². The highest BCUT2D eigenvalue weighted by molar-refractivity contribution is 9.11. The number of nitrogen functional groups attached to an aromatic ring is 1. The van der Waals surface area contributed by atoms with Gasteiger partial charge < -0.3 is 10.3 Å². The highest BCUT2D eigenvalue weighted by Gasteiger charge is 2.17. The van der Waals surface area contributed by atoms with Crippen molar-refractivity contribution in [1.82, 2.24) is 10.1 Å². The molecule has 0 radical (unpaired) electrons. The Morgan fingerprint density at radius 3 is 2.68 bits per heavy atom. The van der Waals surface area contributed by atoms with E-state index in [0.29, 0.717) is 15.7 Å². The number of rotatable bonds is 3. The number of sulfone groups is 1. The van der Waals surface area contributed by atoms with Crippen LogP contribution in [0.4, 0.5) is 5.69 Å². The molecule has 1 aromatic heterocycles. The zero-order valence-corrected chi connectivity index (χ0v) is 13.7. The van der Waals surface area contributed by atoms with E-state index < -0.39 is 9.84 Å². The average Bonchev–Trinajstić information content (AvgIpc) is 2.69. The molecule has 1 aromatic carbocycles. The lowest BCUT2D eigenvalue weighted by Crippen LogP contribution is -2.02. The van der Waals surface area contributed by atoms with Crippen molar-refractivity contribution in [1.29, 1.82) is 0 Å². The van der Waals surface area contributed by atoms with E-state index in [0.717, 1.165) is 10.7 Å². The van der Waals surface area contributed by atoms with Gasteiger partial charge in [0.25, 0.3) is 5.89 Å². The van der Waals surface area contributed by atoms with E-state index >= 15 is 0 Å². The van der Waals surface area contributed by atoms with Crippen LogP contribution < -0.4 is 5.73 Å². The molecule has 2 N–H and O–H groups in total. The summed E-state index contributed by atoms with van der Waals surface area (Å²) < 4.78 is 28.8. The average molecular weight is 411 g/mol. The van der Waals surface area contributed by atoms with Gasteiger partial charge in [0.05, 0.1) is 11.3 Å². The van der Waals surface area contributed by atoms with Crippen molar-refractivity contribution in [3.05, 3.63) is 26.9 Å². The van der Waals surface area contributed by atoms with E-state index in [1.54, 1.807) is 12.1 Å². The molecule has 1 heterocycles. The maximum absolute atomic E-state index is 11.2. The van der Waals surface area contributed by atoms with Gasteiger partial charge in [-0.2, -0.15) is 4.98 Å². The van der Waals surface area contributed by atoms with Gasteiger partial charge in [0.1, 0.15) is 5.75 Å². The zero-order valence-electron chi connectivity index (χ0n) is 9.72. The number of benzene rings is 1. The summed E-state index contributed by atoms with van der Waals surface area (Å²) in [5.74, 6) is 0.0112. The van der Waals surface area contributed by atoms with Gasteiger partial charge >= 0.3 is 0 Å². The Bertz CT molecular complexity index is 728. The Hall–Kier alpha value is -0.930. The second-order valence-electron chi connectivity index (χ2n) is 3.93. The van der Waals surface area contributed by atoms with Crippen LogP contribution in [-0.2, 0) is 15.6 Å². The van der Waals surface area contributed by atoms with Crippen molar-refractivity contribution in [3.8, 4) is 11.5 Å². The van der Waals surface area contributed by atoms with Crippen molar-refractivity contribution in [2.45, 2.75) is 5.75 Å². The van der Waals surface area contributed by atoms with E-state index in [2.05, 4.69) is 42.0 Å². The van der Waals surface area contributed by atoms with Crippen molar-refractivity contribution in [2.24, 2.45) is 0 Å². The van der Waals surface area contributed by atoms with Crippen LogP contribution in [0.15, 0.2) is 25.6 Å². The summed E-state index contributed by atoms with van der Waals surface area (Å²) in [4.78, 5) is 4.03. The molecular weight excluding hydrogens is 402 g/mol. The van der Waals surface area contributed by atoms with Gasteiger partial charge in [0, 0.05) is 15.2 Å². The lowest BCUT2D eigenvalue weighted by atomic mass is 10.2. The number of nitrogens with two attached hydrogens (primary N) is 1. The van der Waals surface area contributed by atoms with Crippen molar-refractivity contribution in [2.75, 3.05) is 12.0 Å². The molecule has 0 aliphatic rings. The number of halogens is 2. The van der Waals surface area contributed by atoms with Gasteiger partial charge in [-0.1, -0.05) is 21.1 Å². The molecule has 2 aromatic rings. The molecule has 19 heavy (non-hydrogen) atoms. The monoisotopic (exact) mass is 409 g/mol. The second kappa shape index (κ2) is 5.22. The normalized spacial score (nSPS) is 11.7. The first-order valence-corrected chi connectivity index (χ1v) is 8.66. The molecule has 6 nitrogen and oxygen atoms in total. The first kappa shape index (κ1) is 14.5. The SMILES string of the molecule is CS(=O)(=O)Cc1noc(-c2cc(Br)cc(Br)c2N)n1. The number of nitrogens with zero attached hydrogens (tertiary/aromatic N) is 2. The third kappa shape index (κ3) is 3.54. The predicted octanol–water partition coefficient (Wildman–Crippen LogP) is 2.39. The Morgan fingerprint density at radius 2 is 2.05 bits per heavy atom. The first-order chi connectivity index (χ1) is 8.76. The number of hydrogen-bond acceptors (Lipinski definition) is 6. The summed E-state index contributed by atoms with van der Waals surface area (Å²) in [6.45, 7) is 0. The van der Waals surface area contributed by atoms with Crippen LogP contribution in [0, 0.1) is 0 Å². The summed E-state index contributed by atoms with van der Waals surface area (Å²) in [6, 6.07) is 3.50. The Morgan fingerprint density at radius 1 is 1.37 bits per heavy atom. The Kier molecular flexibility index (Phi) is 3.98. The van der Waals surface area contributed by atoms with E-state index in [1.807, 2.05) is 0 Å². The minimum absolute atomic E-state index is 0.105. The molecule has 0 aliphatic carbocycles. The van der Waals surface area contributed by atoms with Crippen molar-refractivity contribution >= 4 is 47.4 Å². The van der Waals surface area contributed by atoms with Crippen LogP contribution in [0.25, 0.3) is 11.5 Å². The molecule has 0 bridgehead atoms. The zero-order chi connectivity index (χ0) is 14.2. The van der Waals surface area contributed by atoms with Gasteiger partial charge in [-0.05, 0) is 28.1 Å². The molecule has 0 unspecified atom stereocenters. The van der Waals surface area contributed by atoms with Crippen LogP contribution >= 0.6 is 31.9 Å². The lowest BCUT2D eigenvalue weighted by molar-refractivity contribution is 0.424. The highest BCUT2D eigenvalue weighted by Crippen LogP contribution is 2.34. The summed E-state index contributed by atoms with van der Waals surface area (Å²) in [5, 5.41) is 3.63. The number of anilines is 1. The second-order valence-corrected chi connectivity index (χ2v) is 7.84. The molecule has 0 saturated carbocycles. The fourth-order valence-electron chi connectivity index (χ4n) is 1.42. The van der Waals surface area contributed by atoms with E-state index in [4.69, 9.17) is 10.3 Å². The number of hydrogen-bond donors (Lipinski definition) is 1. The molecule has 0 atom stereocenters. The summed E-state index contributed by atoms with van der Waals surface area (Å²) in [7, 11) is -3.21. The van der Waals surface area contributed by atoms with Gasteiger partial charge in [0.2, 0.25) is 0 Å². The topological polar surface area (TPSA) is 99.1 Å². The third-order valence-electron chi connectivity index (χ3n) is 2.18. The summed E-state index contributed by atoms with van der Waals surface area (Å²) >= 11 is 6.64. The van der Waals surface area contributed by atoms with E-state index in [-0.39, 0.29) is 17.5 Å². The maximum Gasteiger partial charge on any atom is 0.260 e. The fourth-order valence-corrected chi connectivity index (χ4v) is 3.23. The maximum atomic E-state index is 11.2. The van der Waals surface area contributed by atoms with E-state index in [9.17, 15) is 8.42 Å².